The Labute approximate surface area is 302 Å². The maximum absolute atomic E-state index is 11.1. The van der Waals surface area contributed by atoms with E-state index in [9.17, 15) is 10.2 Å². The highest BCUT2D eigenvalue weighted by Crippen LogP contribution is 2.51. The minimum atomic E-state index is -0.849. The Morgan fingerprint density at radius 1 is 0.510 bits per heavy atom. The fourth-order valence-corrected chi connectivity index (χ4v) is 6.88. The summed E-state index contributed by atoms with van der Waals surface area (Å²) in [5.41, 5.74) is 5.32. The number of methoxy groups -OCH3 is 4. The van der Waals surface area contributed by atoms with Crippen molar-refractivity contribution >= 4 is 0 Å². The molecule has 0 saturated carbocycles. The van der Waals surface area contributed by atoms with Gasteiger partial charge in [0.25, 0.3) is 0 Å². The van der Waals surface area contributed by atoms with Gasteiger partial charge >= 0.3 is 0 Å². The quantitative estimate of drug-likeness (QED) is 0.134. The SMILES string of the molecule is COc1ccc([C@H](O)[C@@H](C)Oc2ccc(C3OC(c4ccc(O[C@H](C)[C@@H](O)c5ccc(OC)c(C)c5)c(OC)c4)[C@H](C)[C@H]3C)cc2OC)cc1C. The van der Waals surface area contributed by atoms with Crippen LogP contribution in [-0.4, -0.2) is 50.9 Å². The highest BCUT2D eigenvalue weighted by atomic mass is 16.5. The van der Waals surface area contributed by atoms with E-state index in [0.29, 0.717) is 23.0 Å². The third kappa shape index (κ3) is 8.06. The number of aliphatic hydroxyl groups excluding tert-OH is 2. The summed E-state index contributed by atoms with van der Waals surface area (Å²) in [7, 11) is 6.48. The second kappa shape index (κ2) is 16.3. The highest BCUT2D eigenvalue weighted by Gasteiger charge is 2.41. The third-order valence-electron chi connectivity index (χ3n) is 10.1. The van der Waals surface area contributed by atoms with Crippen LogP contribution >= 0.6 is 0 Å². The van der Waals surface area contributed by atoms with Crippen LogP contribution in [0, 0.1) is 25.7 Å². The van der Waals surface area contributed by atoms with Gasteiger partial charge in [-0.2, -0.15) is 0 Å². The van der Waals surface area contributed by atoms with Gasteiger partial charge in [0.2, 0.25) is 0 Å². The van der Waals surface area contributed by atoms with Crippen molar-refractivity contribution in [2.45, 2.75) is 78.2 Å². The van der Waals surface area contributed by atoms with Gasteiger partial charge in [0.05, 0.1) is 40.6 Å². The van der Waals surface area contributed by atoms with Crippen molar-refractivity contribution in [3.63, 3.8) is 0 Å². The molecule has 4 aromatic carbocycles. The van der Waals surface area contributed by atoms with Gasteiger partial charge in [-0.3, -0.25) is 0 Å². The van der Waals surface area contributed by atoms with Gasteiger partial charge < -0.3 is 43.4 Å². The summed E-state index contributed by atoms with van der Waals surface area (Å²) in [5, 5.41) is 22.1. The number of rotatable bonds is 14. The summed E-state index contributed by atoms with van der Waals surface area (Å²) in [5.74, 6) is 4.12. The number of ether oxygens (including phenoxy) is 7. The Morgan fingerprint density at radius 2 is 0.863 bits per heavy atom. The van der Waals surface area contributed by atoms with Crippen LogP contribution in [-0.2, 0) is 4.74 Å². The van der Waals surface area contributed by atoms with Crippen LogP contribution in [0.25, 0.3) is 0 Å². The van der Waals surface area contributed by atoms with E-state index >= 15 is 0 Å². The molecule has 274 valence electrons. The highest BCUT2D eigenvalue weighted by molar-refractivity contribution is 5.46. The largest absolute Gasteiger partial charge is 0.496 e. The molecule has 0 aliphatic carbocycles. The van der Waals surface area contributed by atoms with Crippen LogP contribution in [0.3, 0.4) is 0 Å². The van der Waals surface area contributed by atoms with Crippen molar-refractivity contribution in [1.29, 1.82) is 0 Å². The standard InChI is InChI=1S/C42H52O9/c1-23-19-29(11-15-33(23)45-7)39(43)27(5)49-35-17-13-31(21-37(35)47-9)41-25(3)26(4)42(51-41)32-14-18-36(38(22-32)48-10)50-28(6)40(44)30-12-16-34(46-8)24(2)20-30/h11-22,25-28,39-44H,1-10H3/t25-,26-,27-,28-,39-,40-,41?,42?/m1/s1. The number of benzene rings is 4. The van der Waals surface area contributed by atoms with Crippen LogP contribution in [0.5, 0.6) is 34.5 Å². The van der Waals surface area contributed by atoms with E-state index in [1.54, 1.807) is 28.4 Å². The Morgan fingerprint density at radius 3 is 1.20 bits per heavy atom. The number of hydrogen-bond donors (Lipinski definition) is 2. The molecule has 0 bridgehead atoms. The van der Waals surface area contributed by atoms with Gasteiger partial charge in [0, 0.05) is 0 Å². The first-order valence-electron chi connectivity index (χ1n) is 17.4. The first kappa shape index (κ1) is 37.8. The van der Waals surface area contributed by atoms with Gasteiger partial charge in [-0.1, -0.05) is 38.1 Å². The summed E-state index contributed by atoms with van der Waals surface area (Å²) in [6.07, 6.45) is -3.16. The van der Waals surface area contributed by atoms with Crippen molar-refractivity contribution in [2.24, 2.45) is 11.8 Å². The topological polar surface area (TPSA) is 105 Å². The monoisotopic (exact) mass is 700 g/mol. The summed E-state index contributed by atoms with van der Waals surface area (Å²) in [6, 6.07) is 22.9. The number of aryl methyl sites for hydroxylation is 2. The average molecular weight is 701 g/mol. The van der Waals surface area contributed by atoms with Crippen LogP contribution in [0.2, 0.25) is 0 Å². The predicted octanol–water partition coefficient (Wildman–Crippen LogP) is 8.42. The van der Waals surface area contributed by atoms with Gasteiger partial charge in [-0.15, -0.1) is 0 Å². The molecule has 5 rings (SSSR count). The molecule has 9 heteroatoms. The summed E-state index contributed by atoms with van der Waals surface area (Å²) in [4.78, 5) is 0. The number of hydrogen-bond acceptors (Lipinski definition) is 9. The Bertz CT molecular complexity index is 1660. The van der Waals surface area contributed by atoms with Crippen molar-refractivity contribution in [3.05, 3.63) is 106 Å². The smallest absolute Gasteiger partial charge is 0.161 e. The molecule has 0 radical (unpaired) electrons. The molecule has 1 saturated heterocycles. The van der Waals surface area contributed by atoms with Crippen molar-refractivity contribution in [1.82, 2.24) is 0 Å². The molecule has 0 amide bonds. The van der Waals surface area contributed by atoms with Crippen LogP contribution in [0.1, 0.15) is 85.5 Å². The maximum Gasteiger partial charge on any atom is 0.161 e. The summed E-state index contributed by atoms with van der Waals surface area (Å²) >= 11 is 0. The van der Waals surface area contributed by atoms with E-state index in [4.69, 9.17) is 33.2 Å². The van der Waals surface area contributed by atoms with Crippen LogP contribution in [0.4, 0.5) is 0 Å². The maximum atomic E-state index is 11.1. The molecule has 4 aromatic rings. The van der Waals surface area contributed by atoms with Gasteiger partial charge in [0.15, 0.2) is 23.0 Å². The molecule has 8 atom stereocenters. The molecule has 51 heavy (non-hydrogen) atoms. The van der Waals surface area contributed by atoms with Crippen LogP contribution in [0.15, 0.2) is 72.8 Å². The van der Waals surface area contributed by atoms with E-state index in [-0.39, 0.29) is 24.0 Å². The number of aliphatic hydroxyl groups is 2. The van der Waals surface area contributed by atoms with E-state index in [1.165, 1.54) is 0 Å². The Hall–Kier alpha value is -4.44. The zero-order valence-corrected chi connectivity index (χ0v) is 31.3. The zero-order valence-electron chi connectivity index (χ0n) is 31.3. The molecular formula is C42H52O9. The molecule has 9 nitrogen and oxygen atoms in total. The zero-order chi connectivity index (χ0) is 37.0. The summed E-state index contributed by atoms with van der Waals surface area (Å²) in [6.45, 7) is 11.9. The Kier molecular flexibility index (Phi) is 12.1. The lowest BCUT2D eigenvalue weighted by molar-refractivity contribution is 0.0281. The normalized spacial score (nSPS) is 20.9. The molecule has 1 fully saturated rings. The van der Waals surface area contributed by atoms with Gasteiger partial charge in [0.1, 0.15) is 35.9 Å². The average Bonchev–Trinajstić information content (AvgIpc) is 3.44. The van der Waals surface area contributed by atoms with Crippen molar-refractivity contribution < 1.29 is 43.4 Å². The van der Waals surface area contributed by atoms with E-state index < -0.39 is 24.4 Å². The van der Waals surface area contributed by atoms with E-state index in [0.717, 1.165) is 44.9 Å². The molecule has 1 heterocycles. The molecule has 0 spiro atoms. The minimum absolute atomic E-state index is 0.190. The first-order chi connectivity index (χ1) is 24.4. The molecule has 0 aromatic heterocycles. The van der Waals surface area contributed by atoms with E-state index in [1.807, 2.05) is 100 Å². The molecular weight excluding hydrogens is 648 g/mol. The van der Waals surface area contributed by atoms with Crippen molar-refractivity contribution in [2.75, 3.05) is 28.4 Å². The van der Waals surface area contributed by atoms with Gasteiger partial charge in [-0.05, 0) is 121 Å². The molecule has 1 aliphatic rings. The second-order valence-corrected chi connectivity index (χ2v) is 13.5. The lowest BCUT2D eigenvalue weighted by Crippen LogP contribution is -2.22. The lowest BCUT2D eigenvalue weighted by Gasteiger charge is -2.24. The molecule has 2 unspecified atom stereocenters. The lowest BCUT2D eigenvalue weighted by atomic mass is 9.85. The predicted molar refractivity (Wildman–Crippen MR) is 196 cm³/mol. The molecule has 2 N–H and O–H groups in total. The molecule has 1 aliphatic heterocycles. The van der Waals surface area contributed by atoms with E-state index in [2.05, 4.69) is 13.8 Å². The third-order valence-corrected chi connectivity index (χ3v) is 10.1. The Balaban J connectivity index is 1.28. The fourth-order valence-electron chi connectivity index (χ4n) is 6.88. The summed E-state index contributed by atoms with van der Waals surface area (Å²) < 4.78 is 41.5. The van der Waals surface area contributed by atoms with Gasteiger partial charge in [-0.25, -0.2) is 0 Å². The fraction of sp³-hybridized carbons (Fsp3) is 0.429. The second-order valence-electron chi connectivity index (χ2n) is 13.5. The van der Waals surface area contributed by atoms with Crippen LogP contribution < -0.4 is 28.4 Å². The minimum Gasteiger partial charge on any atom is -0.496 e. The van der Waals surface area contributed by atoms with Crippen molar-refractivity contribution in [3.8, 4) is 34.5 Å². The first-order valence-corrected chi connectivity index (χ1v) is 17.4.